The molecule has 1 aromatic carbocycles. The largest absolute Gasteiger partial charge is 0.444 e. The van der Waals surface area contributed by atoms with E-state index in [0.29, 0.717) is 16.3 Å². The normalized spacial score (nSPS) is 12.2. The predicted octanol–water partition coefficient (Wildman–Crippen LogP) is 3.91. The molecular formula is C14H20ClNO3. The minimum Gasteiger partial charge on any atom is -0.444 e. The molecule has 1 aromatic rings. The highest BCUT2D eigenvalue weighted by Gasteiger charge is 2.23. The van der Waals surface area contributed by atoms with Gasteiger partial charge in [0.15, 0.2) is 0 Å². The van der Waals surface area contributed by atoms with Crippen molar-refractivity contribution in [2.24, 2.45) is 0 Å². The molecule has 0 aliphatic carbocycles. The molecule has 0 heterocycles. The van der Waals surface area contributed by atoms with Crippen LogP contribution in [0.3, 0.4) is 0 Å². The Morgan fingerprint density at radius 3 is 2.32 bits per heavy atom. The Morgan fingerprint density at radius 2 is 1.84 bits per heavy atom. The first-order valence-electron chi connectivity index (χ1n) is 6.01. The quantitative estimate of drug-likeness (QED) is 0.866. The van der Waals surface area contributed by atoms with Crippen LogP contribution in [0, 0.1) is 0 Å². The maximum absolute atomic E-state index is 11.8. The van der Waals surface area contributed by atoms with Crippen LogP contribution in [0.4, 0.5) is 10.5 Å². The van der Waals surface area contributed by atoms with Crippen LogP contribution >= 0.6 is 11.6 Å². The van der Waals surface area contributed by atoms with E-state index >= 15 is 0 Å². The fraction of sp³-hybridized carbons (Fsp3) is 0.500. The fourth-order valence-electron chi connectivity index (χ4n) is 1.57. The second-order valence-electron chi connectivity index (χ2n) is 5.88. The Labute approximate surface area is 118 Å². The van der Waals surface area contributed by atoms with Crippen molar-refractivity contribution in [3.63, 3.8) is 0 Å². The molecule has 0 saturated heterocycles. The number of nitrogens with one attached hydrogen (secondary N) is 1. The van der Waals surface area contributed by atoms with E-state index < -0.39 is 17.3 Å². The van der Waals surface area contributed by atoms with E-state index in [0.717, 1.165) is 0 Å². The summed E-state index contributed by atoms with van der Waals surface area (Å²) in [4.78, 5) is 11.8. The summed E-state index contributed by atoms with van der Waals surface area (Å²) in [5, 5.41) is 13.2. The minimum atomic E-state index is -1.09. The zero-order valence-electron chi connectivity index (χ0n) is 11.9. The molecule has 0 bridgehead atoms. The summed E-state index contributed by atoms with van der Waals surface area (Å²) in [7, 11) is 0. The summed E-state index contributed by atoms with van der Waals surface area (Å²) < 4.78 is 5.17. The maximum Gasteiger partial charge on any atom is 0.412 e. The molecule has 106 valence electrons. The van der Waals surface area contributed by atoms with E-state index in [1.54, 1.807) is 52.8 Å². The van der Waals surface area contributed by atoms with Crippen molar-refractivity contribution in [1.29, 1.82) is 0 Å². The van der Waals surface area contributed by atoms with Gasteiger partial charge in [0.05, 0.1) is 11.3 Å². The monoisotopic (exact) mass is 285 g/mol. The van der Waals surface area contributed by atoms with Gasteiger partial charge in [-0.1, -0.05) is 17.7 Å². The third kappa shape index (κ3) is 5.09. The standard InChI is InChI=1S/C14H20ClNO3/c1-13(2,3)19-12(17)16-11-8-9(15)6-7-10(11)14(4,5)18/h6-8,18H,1-5H3,(H,16,17). The minimum absolute atomic E-state index is 0.439. The number of aliphatic hydroxyl groups is 1. The lowest BCUT2D eigenvalue weighted by atomic mass is 9.96. The maximum atomic E-state index is 11.8. The van der Waals surface area contributed by atoms with Crippen LogP contribution in [0.5, 0.6) is 0 Å². The van der Waals surface area contributed by atoms with Gasteiger partial charge in [-0.2, -0.15) is 0 Å². The van der Waals surface area contributed by atoms with Crippen LogP contribution < -0.4 is 5.32 Å². The van der Waals surface area contributed by atoms with Crippen LogP contribution in [-0.2, 0) is 10.3 Å². The Hall–Kier alpha value is -1.26. The zero-order valence-corrected chi connectivity index (χ0v) is 12.6. The number of rotatable bonds is 2. The van der Waals surface area contributed by atoms with Gasteiger partial charge in [0.25, 0.3) is 0 Å². The van der Waals surface area contributed by atoms with Crippen molar-refractivity contribution in [3.05, 3.63) is 28.8 Å². The molecule has 0 aliphatic heterocycles. The number of anilines is 1. The van der Waals surface area contributed by atoms with Crippen molar-refractivity contribution in [2.75, 3.05) is 5.32 Å². The molecule has 19 heavy (non-hydrogen) atoms. The number of carbonyl (C=O) groups is 1. The van der Waals surface area contributed by atoms with Crippen molar-refractivity contribution < 1.29 is 14.6 Å². The number of halogens is 1. The second-order valence-corrected chi connectivity index (χ2v) is 6.31. The van der Waals surface area contributed by atoms with E-state index in [-0.39, 0.29) is 0 Å². The highest BCUT2D eigenvalue weighted by Crippen LogP contribution is 2.30. The molecule has 0 aliphatic rings. The number of ether oxygens (including phenoxy) is 1. The Bertz CT molecular complexity index is 473. The van der Waals surface area contributed by atoms with Gasteiger partial charge >= 0.3 is 6.09 Å². The van der Waals surface area contributed by atoms with Crippen LogP contribution in [0.25, 0.3) is 0 Å². The molecule has 0 aromatic heterocycles. The first kappa shape index (κ1) is 15.8. The number of carbonyl (C=O) groups excluding carboxylic acids is 1. The summed E-state index contributed by atoms with van der Waals surface area (Å²) in [6, 6.07) is 4.92. The van der Waals surface area contributed by atoms with Gasteiger partial charge in [-0.25, -0.2) is 4.79 Å². The van der Waals surface area contributed by atoms with Crippen LogP contribution in [0.1, 0.15) is 40.2 Å². The van der Waals surface area contributed by atoms with Gasteiger partial charge in [-0.3, -0.25) is 5.32 Å². The van der Waals surface area contributed by atoms with Crippen LogP contribution in [0.2, 0.25) is 5.02 Å². The average Bonchev–Trinajstić information content (AvgIpc) is 2.11. The average molecular weight is 286 g/mol. The van der Waals surface area contributed by atoms with E-state index in [2.05, 4.69) is 5.32 Å². The summed E-state index contributed by atoms with van der Waals surface area (Å²) >= 11 is 5.91. The van der Waals surface area contributed by atoms with Crippen LogP contribution in [0.15, 0.2) is 18.2 Å². The molecule has 0 unspecified atom stereocenters. The van der Waals surface area contributed by atoms with Gasteiger partial charge in [0.1, 0.15) is 5.60 Å². The Balaban J connectivity index is 3.00. The smallest absolute Gasteiger partial charge is 0.412 e. The zero-order chi connectivity index (χ0) is 14.8. The van der Waals surface area contributed by atoms with Crippen molar-refractivity contribution in [1.82, 2.24) is 0 Å². The molecule has 5 heteroatoms. The molecule has 0 spiro atoms. The second kappa shape index (κ2) is 5.39. The van der Waals surface area contributed by atoms with E-state index in [1.807, 2.05) is 0 Å². The first-order valence-corrected chi connectivity index (χ1v) is 6.39. The number of benzene rings is 1. The van der Waals surface area contributed by atoms with Gasteiger partial charge in [0.2, 0.25) is 0 Å². The third-order valence-electron chi connectivity index (χ3n) is 2.28. The molecule has 1 amide bonds. The first-order chi connectivity index (χ1) is 8.49. The fourth-order valence-corrected chi connectivity index (χ4v) is 1.74. The molecule has 1 rings (SSSR count). The number of hydrogen-bond acceptors (Lipinski definition) is 3. The lowest BCUT2D eigenvalue weighted by molar-refractivity contribution is 0.0632. The summed E-state index contributed by atoms with van der Waals surface area (Å²) in [5.41, 5.74) is -0.663. The number of amides is 1. The Morgan fingerprint density at radius 1 is 1.26 bits per heavy atom. The van der Waals surface area contributed by atoms with Crippen molar-refractivity contribution in [2.45, 2.75) is 45.8 Å². The lowest BCUT2D eigenvalue weighted by Crippen LogP contribution is -2.28. The number of hydrogen-bond donors (Lipinski definition) is 2. The lowest BCUT2D eigenvalue weighted by Gasteiger charge is -2.24. The Kier molecular flexibility index (Phi) is 4.48. The highest BCUT2D eigenvalue weighted by atomic mass is 35.5. The molecule has 0 radical (unpaired) electrons. The van der Waals surface area contributed by atoms with Gasteiger partial charge in [-0.15, -0.1) is 0 Å². The van der Waals surface area contributed by atoms with Gasteiger partial charge < -0.3 is 9.84 Å². The SMILES string of the molecule is CC(C)(C)OC(=O)Nc1cc(Cl)ccc1C(C)(C)O. The molecule has 0 fully saturated rings. The van der Waals surface area contributed by atoms with E-state index in [4.69, 9.17) is 16.3 Å². The topological polar surface area (TPSA) is 58.6 Å². The molecule has 4 nitrogen and oxygen atoms in total. The summed E-state index contributed by atoms with van der Waals surface area (Å²) in [5.74, 6) is 0. The summed E-state index contributed by atoms with van der Waals surface area (Å²) in [6.07, 6.45) is -0.583. The highest BCUT2D eigenvalue weighted by molar-refractivity contribution is 6.31. The van der Waals surface area contributed by atoms with Gasteiger partial charge in [-0.05, 0) is 46.8 Å². The van der Waals surface area contributed by atoms with Crippen LogP contribution in [-0.4, -0.2) is 16.8 Å². The predicted molar refractivity (Wildman–Crippen MR) is 76.6 cm³/mol. The molecule has 0 atom stereocenters. The summed E-state index contributed by atoms with van der Waals surface area (Å²) in [6.45, 7) is 8.61. The molecular weight excluding hydrogens is 266 g/mol. The van der Waals surface area contributed by atoms with Crippen molar-refractivity contribution >= 4 is 23.4 Å². The van der Waals surface area contributed by atoms with Gasteiger partial charge in [0, 0.05) is 10.6 Å². The van der Waals surface area contributed by atoms with E-state index in [1.165, 1.54) is 0 Å². The molecule has 0 saturated carbocycles. The third-order valence-corrected chi connectivity index (χ3v) is 2.51. The van der Waals surface area contributed by atoms with Crippen molar-refractivity contribution in [3.8, 4) is 0 Å². The molecule has 2 N–H and O–H groups in total. The van der Waals surface area contributed by atoms with E-state index in [9.17, 15) is 9.90 Å².